The Morgan fingerprint density at radius 2 is 1.65 bits per heavy atom. The normalized spacial score (nSPS) is 17.7. The summed E-state index contributed by atoms with van der Waals surface area (Å²) in [5, 5.41) is 11.3. The second-order valence-electron chi connectivity index (χ2n) is 6.96. The molecule has 8 heteroatoms. The quantitative estimate of drug-likeness (QED) is 0.390. The van der Waals surface area contributed by atoms with Crippen LogP contribution in [0, 0.1) is 0 Å². The molecule has 1 unspecified atom stereocenters. The van der Waals surface area contributed by atoms with Gasteiger partial charge in [-0.3, -0.25) is 9.59 Å². The highest BCUT2D eigenvalue weighted by Gasteiger charge is 2.45. The van der Waals surface area contributed by atoms with E-state index in [1.807, 2.05) is 6.92 Å². The fraction of sp³-hybridized carbons (Fsp3) is 0.304. The second kappa shape index (κ2) is 9.31. The Morgan fingerprint density at radius 3 is 2.23 bits per heavy atom. The monoisotopic (exact) mass is 445 g/mol. The zero-order valence-electron chi connectivity index (χ0n) is 17.8. The van der Waals surface area contributed by atoms with Gasteiger partial charge in [-0.05, 0) is 42.3 Å². The number of carbonyl (C=O) groups excluding carboxylic acids is 2. The summed E-state index contributed by atoms with van der Waals surface area (Å²) < 4.78 is 15.8. The topological polar surface area (TPSA) is 85.3 Å². The molecule has 1 N–H and O–H groups in total. The first-order valence-electron chi connectivity index (χ1n) is 9.72. The molecule has 1 aliphatic rings. The minimum absolute atomic E-state index is 0.00750. The van der Waals surface area contributed by atoms with E-state index in [9.17, 15) is 14.7 Å². The van der Waals surface area contributed by atoms with Crippen LogP contribution in [0.1, 0.15) is 30.5 Å². The first-order chi connectivity index (χ1) is 14.9. The number of halogens is 1. The Labute approximate surface area is 185 Å². The standard InChI is InChI=1S/C23H24ClNO6/c1-5-10-25-20(13-6-9-17(30-3)18(12-13)31-4)19(22(27)23(25)28)21(26)14-7-8-16(29-2)15(24)11-14/h6-9,11-12,20,26H,5,10H2,1-4H3/b21-19-. The summed E-state index contributed by atoms with van der Waals surface area (Å²) in [6.45, 7) is 2.26. The van der Waals surface area contributed by atoms with Gasteiger partial charge in [0.2, 0.25) is 0 Å². The van der Waals surface area contributed by atoms with Gasteiger partial charge in [-0.25, -0.2) is 0 Å². The van der Waals surface area contributed by atoms with Crippen LogP contribution in [0.15, 0.2) is 42.0 Å². The van der Waals surface area contributed by atoms with E-state index in [0.29, 0.717) is 41.3 Å². The highest BCUT2D eigenvalue weighted by atomic mass is 35.5. The molecule has 1 amide bonds. The highest BCUT2D eigenvalue weighted by Crippen LogP contribution is 2.42. The van der Waals surface area contributed by atoms with Crippen LogP contribution in [0.2, 0.25) is 5.02 Å². The van der Waals surface area contributed by atoms with E-state index in [1.54, 1.807) is 30.3 Å². The molecule has 0 aromatic heterocycles. The second-order valence-corrected chi connectivity index (χ2v) is 7.36. The number of aliphatic hydroxyl groups excluding tert-OH is 1. The number of rotatable bonds is 7. The number of carbonyl (C=O) groups is 2. The molecule has 0 saturated carbocycles. The van der Waals surface area contributed by atoms with Gasteiger partial charge in [0.05, 0.1) is 38.0 Å². The maximum Gasteiger partial charge on any atom is 0.295 e. The number of Topliss-reactive ketones (excluding diaryl/α,β-unsaturated/α-hetero) is 1. The molecule has 31 heavy (non-hydrogen) atoms. The van der Waals surface area contributed by atoms with Crippen molar-refractivity contribution >= 4 is 29.1 Å². The highest BCUT2D eigenvalue weighted by molar-refractivity contribution is 6.46. The molecule has 1 aliphatic heterocycles. The molecule has 164 valence electrons. The van der Waals surface area contributed by atoms with E-state index in [1.165, 1.54) is 32.3 Å². The van der Waals surface area contributed by atoms with Crippen LogP contribution in [0.3, 0.4) is 0 Å². The lowest BCUT2D eigenvalue weighted by Crippen LogP contribution is -2.30. The number of hydrogen-bond donors (Lipinski definition) is 1. The third-order valence-electron chi connectivity index (χ3n) is 5.15. The summed E-state index contributed by atoms with van der Waals surface area (Å²) in [5.74, 6) is -0.321. The van der Waals surface area contributed by atoms with Crippen molar-refractivity contribution in [1.29, 1.82) is 0 Å². The van der Waals surface area contributed by atoms with Crippen LogP contribution in [-0.4, -0.2) is 49.6 Å². The fourth-order valence-electron chi connectivity index (χ4n) is 3.69. The van der Waals surface area contributed by atoms with E-state index in [-0.39, 0.29) is 16.4 Å². The van der Waals surface area contributed by atoms with Crippen molar-refractivity contribution in [3.63, 3.8) is 0 Å². The molecule has 1 saturated heterocycles. The van der Waals surface area contributed by atoms with E-state index >= 15 is 0 Å². The predicted octanol–water partition coefficient (Wildman–Crippen LogP) is 4.20. The molecule has 1 atom stereocenters. The van der Waals surface area contributed by atoms with Crippen molar-refractivity contribution in [3.05, 3.63) is 58.1 Å². The Hall–Kier alpha value is -3.19. The number of ketones is 1. The molecule has 2 aromatic carbocycles. The van der Waals surface area contributed by atoms with Gasteiger partial charge in [0.25, 0.3) is 11.7 Å². The molecule has 0 radical (unpaired) electrons. The van der Waals surface area contributed by atoms with Gasteiger partial charge < -0.3 is 24.2 Å². The van der Waals surface area contributed by atoms with Crippen molar-refractivity contribution in [3.8, 4) is 17.2 Å². The SMILES string of the molecule is CCCN1C(=O)C(=O)/C(=C(\O)c2ccc(OC)c(Cl)c2)C1c1ccc(OC)c(OC)c1. The van der Waals surface area contributed by atoms with Gasteiger partial charge in [0.1, 0.15) is 11.5 Å². The van der Waals surface area contributed by atoms with Gasteiger partial charge in [-0.15, -0.1) is 0 Å². The summed E-state index contributed by atoms with van der Waals surface area (Å²) in [5.41, 5.74) is 0.920. The van der Waals surface area contributed by atoms with E-state index < -0.39 is 17.7 Å². The Balaban J connectivity index is 2.21. The summed E-state index contributed by atoms with van der Waals surface area (Å²) >= 11 is 6.20. The lowest BCUT2D eigenvalue weighted by atomic mass is 9.95. The number of amides is 1. The molecule has 7 nitrogen and oxygen atoms in total. The van der Waals surface area contributed by atoms with Crippen molar-refractivity contribution in [2.24, 2.45) is 0 Å². The van der Waals surface area contributed by atoms with E-state index in [2.05, 4.69) is 0 Å². The fourth-order valence-corrected chi connectivity index (χ4v) is 3.95. The molecule has 0 spiro atoms. The number of aliphatic hydroxyl groups is 1. The average Bonchev–Trinajstić information content (AvgIpc) is 3.03. The number of methoxy groups -OCH3 is 3. The van der Waals surface area contributed by atoms with Crippen LogP contribution >= 0.6 is 11.6 Å². The van der Waals surface area contributed by atoms with Gasteiger partial charge in [-0.2, -0.15) is 0 Å². The predicted molar refractivity (Wildman–Crippen MR) is 117 cm³/mol. The molecule has 0 aliphatic carbocycles. The third-order valence-corrected chi connectivity index (χ3v) is 5.45. The number of ether oxygens (including phenoxy) is 3. The van der Waals surface area contributed by atoms with Crippen LogP contribution in [0.5, 0.6) is 17.2 Å². The van der Waals surface area contributed by atoms with Crippen LogP contribution in [-0.2, 0) is 9.59 Å². The van der Waals surface area contributed by atoms with Crippen LogP contribution in [0.4, 0.5) is 0 Å². The minimum Gasteiger partial charge on any atom is -0.507 e. The van der Waals surface area contributed by atoms with Gasteiger partial charge >= 0.3 is 0 Å². The lowest BCUT2D eigenvalue weighted by Gasteiger charge is -2.25. The molecular weight excluding hydrogens is 422 g/mol. The molecule has 2 aromatic rings. The van der Waals surface area contributed by atoms with Gasteiger partial charge in [-0.1, -0.05) is 24.6 Å². The number of nitrogens with zero attached hydrogens (tertiary/aromatic N) is 1. The van der Waals surface area contributed by atoms with E-state index in [0.717, 1.165) is 0 Å². The molecule has 1 heterocycles. The minimum atomic E-state index is -0.777. The summed E-state index contributed by atoms with van der Waals surface area (Å²) in [4.78, 5) is 27.2. The Bertz CT molecular complexity index is 1050. The van der Waals surface area contributed by atoms with Gasteiger partial charge in [0, 0.05) is 12.1 Å². The molecule has 3 rings (SSSR count). The molecule has 0 bridgehead atoms. The smallest absolute Gasteiger partial charge is 0.295 e. The van der Waals surface area contributed by atoms with Crippen LogP contribution < -0.4 is 14.2 Å². The van der Waals surface area contributed by atoms with Gasteiger partial charge in [0.15, 0.2) is 11.5 Å². The van der Waals surface area contributed by atoms with E-state index in [4.69, 9.17) is 25.8 Å². The largest absolute Gasteiger partial charge is 0.507 e. The number of hydrogen-bond acceptors (Lipinski definition) is 6. The maximum absolute atomic E-state index is 13.0. The summed E-state index contributed by atoms with van der Waals surface area (Å²) in [7, 11) is 4.51. The first-order valence-corrected chi connectivity index (χ1v) is 10.1. The number of likely N-dealkylation sites (tertiary alicyclic amines) is 1. The third kappa shape index (κ3) is 4.05. The average molecular weight is 446 g/mol. The zero-order chi connectivity index (χ0) is 22.7. The Kier molecular flexibility index (Phi) is 6.75. The van der Waals surface area contributed by atoms with Crippen molar-refractivity contribution < 1.29 is 28.9 Å². The lowest BCUT2D eigenvalue weighted by molar-refractivity contribution is -0.139. The van der Waals surface area contributed by atoms with Crippen molar-refractivity contribution in [2.75, 3.05) is 27.9 Å². The molecular formula is C23H24ClNO6. The summed E-state index contributed by atoms with van der Waals surface area (Å²) in [6, 6.07) is 9.03. The van der Waals surface area contributed by atoms with Crippen molar-refractivity contribution in [2.45, 2.75) is 19.4 Å². The number of benzene rings is 2. The Morgan fingerprint density at radius 1 is 1.00 bits per heavy atom. The zero-order valence-corrected chi connectivity index (χ0v) is 18.5. The molecule has 1 fully saturated rings. The maximum atomic E-state index is 13.0. The first kappa shape index (κ1) is 22.5. The summed E-state index contributed by atoms with van der Waals surface area (Å²) in [6.07, 6.45) is 0.644. The van der Waals surface area contributed by atoms with Crippen LogP contribution in [0.25, 0.3) is 5.76 Å². The van der Waals surface area contributed by atoms with Crippen molar-refractivity contribution in [1.82, 2.24) is 4.90 Å².